The number of ether oxygens (including phenoxy) is 14. The van der Waals surface area contributed by atoms with Crippen molar-refractivity contribution in [1.29, 1.82) is 0 Å². The molecule has 1 aromatic carbocycles. The molecular weight excluding hydrogens is 1190 g/mol. The lowest BCUT2D eigenvalue weighted by Gasteiger charge is -2.35. The molecule has 2 aliphatic rings. The topological polar surface area (TPSA) is 338 Å². The van der Waals surface area contributed by atoms with Crippen LogP contribution in [0.5, 0.6) is 0 Å². The van der Waals surface area contributed by atoms with Gasteiger partial charge in [0.1, 0.15) is 36.4 Å². The smallest absolute Gasteiger partial charge is 0.311 e. The summed E-state index contributed by atoms with van der Waals surface area (Å²) >= 11 is 0. The summed E-state index contributed by atoms with van der Waals surface area (Å²) in [5.41, 5.74) is 1.42. The molecule has 2 aromatic rings. The Balaban J connectivity index is 1.07. The number of esters is 1. The van der Waals surface area contributed by atoms with Crippen LogP contribution in [0.4, 0.5) is 0 Å². The van der Waals surface area contributed by atoms with Gasteiger partial charge in [0.25, 0.3) is 11.8 Å². The minimum absolute atomic E-state index is 0.0508. The van der Waals surface area contributed by atoms with Crippen LogP contribution < -0.4 is 5.32 Å². The number of benzene rings is 1. The number of hydrogen-bond donors (Lipinski definition) is 4. The maximum absolute atomic E-state index is 13.9. The van der Waals surface area contributed by atoms with Gasteiger partial charge >= 0.3 is 5.97 Å². The molecule has 516 valence electrons. The summed E-state index contributed by atoms with van der Waals surface area (Å²) in [7, 11) is 1.63. The summed E-state index contributed by atoms with van der Waals surface area (Å²) in [6.45, 7) is 20.5. The van der Waals surface area contributed by atoms with E-state index in [1.807, 2.05) is 0 Å². The summed E-state index contributed by atoms with van der Waals surface area (Å²) in [5, 5.41) is 41.9. The molecule has 4 rings (SSSR count). The third kappa shape index (κ3) is 31.6. The van der Waals surface area contributed by atoms with Crippen LogP contribution in [0.1, 0.15) is 89.2 Å². The molecular formula is C63H101N5O23. The first-order chi connectivity index (χ1) is 43.8. The average Bonchev–Trinajstić information content (AvgIpc) is 2.21. The molecule has 0 radical (unpaired) electrons. The second-order valence-corrected chi connectivity index (χ2v) is 23.1. The molecule has 0 aliphatic carbocycles. The van der Waals surface area contributed by atoms with Gasteiger partial charge in [0.2, 0.25) is 5.91 Å². The van der Waals surface area contributed by atoms with Crippen LogP contribution in [0.2, 0.25) is 0 Å². The van der Waals surface area contributed by atoms with Gasteiger partial charge in [0, 0.05) is 44.4 Å². The fraction of sp³-hybridized carbons (Fsp3) is 0.746. The number of hydrogen-bond acceptors (Lipinski definition) is 25. The monoisotopic (exact) mass is 1300 g/mol. The van der Waals surface area contributed by atoms with Crippen molar-refractivity contribution in [1.82, 2.24) is 25.2 Å². The van der Waals surface area contributed by atoms with Crippen LogP contribution in [0.3, 0.4) is 0 Å². The second-order valence-electron chi connectivity index (χ2n) is 23.1. The second kappa shape index (κ2) is 45.3. The highest BCUT2D eigenvalue weighted by molar-refractivity contribution is 6.13. The summed E-state index contributed by atoms with van der Waals surface area (Å²) in [6, 6.07) is 3.18. The van der Waals surface area contributed by atoms with Gasteiger partial charge < -0.3 is 87.0 Å². The van der Waals surface area contributed by atoms with Crippen molar-refractivity contribution in [2.75, 3.05) is 166 Å². The Labute approximate surface area is 534 Å². The average molecular weight is 1300 g/mol. The van der Waals surface area contributed by atoms with Gasteiger partial charge in [0.15, 0.2) is 5.78 Å². The molecule has 2 aliphatic heterocycles. The Morgan fingerprint density at radius 2 is 1.12 bits per heavy atom. The third-order valence-electron chi connectivity index (χ3n) is 14.4. The summed E-state index contributed by atoms with van der Waals surface area (Å²) in [5.74, 6) is -4.17. The lowest BCUT2D eigenvalue weighted by Crippen LogP contribution is -2.52. The Kier molecular flexibility index (Phi) is 38.9. The Hall–Kier alpha value is -5.12. The highest BCUT2D eigenvalue weighted by Crippen LogP contribution is 2.29. The number of aryl methyl sites for hydroxylation is 1. The van der Waals surface area contributed by atoms with Crippen LogP contribution >= 0.6 is 0 Å². The van der Waals surface area contributed by atoms with Gasteiger partial charge in [-0.15, -0.1) is 5.10 Å². The van der Waals surface area contributed by atoms with Crippen molar-refractivity contribution in [2.45, 2.75) is 123 Å². The number of aliphatic hydroxyl groups excluding tert-OH is 3. The number of amides is 3. The fourth-order valence-corrected chi connectivity index (χ4v) is 9.10. The molecule has 0 saturated carbocycles. The largest absolute Gasteiger partial charge is 0.460 e. The number of carbonyl (C=O) groups is 6. The van der Waals surface area contributed by atoms with Gasteiger partial charge in [-0.05, 0) is 63.1 Å². The first-order valence-electron chi connectivity index (χ1n) is 31.4. The first-order valence-corrected chi connectivity index (χ1v) is 31.4. The Morgan fingerprint density at radius 3 is 1.58 bits per heavy atom. The maximum Gasteiger partial charge on any atom is 0.311 e. The molecule has 0 spiro atoms. The quantitative estimate of drug-likeness (QED) is 0.0414. The summed E-state index contributed by atoms with van der Waals surface area (Å²) < 4.78 is 78.2. The van der Waals surface area contributed by atoms with Crippen molar-refractivity contribution in [3.8, 4) is 0 Å². The van der Waals surface area contributed by atoms with Crippen LogP contribution in [-0.2, 0) is 121 Å². The number of aromatic nitrogens is 3. The van der Waals surface area contributed by atoms with Crippen LogP contribution in [-0.4, -0.2) is 267 Å². The minimum Gasteiger partial charge on any atom is -0.460 e. The fourth-order valence-electron chi connectivity index (χ4n) is 9.10. The number of rotatable bonds is 53. The van der Waals surface area contributed by atoms with E-state index in [-0.39, 0.29) is 69.4 Å². The number of Topliss-reactive ketones (excluding diaryl/α,β-unsaturated/α-hetero) is 2. The number of nitrogens with one attached hydrogen (secondary N) is 1. The first kappa shape index (κ1) is 78.3. The molecule has 91 heavy (non-hydrogen) atoms. The molecule has 7 atom stereocenters. The predicted octanol–water partition coefficient (Wildman–Crippen LogP) is 1.51. The van der Waals surface area contributed by atoms with Gasteiger partial charge in [-0.25, -0.2) is 4.68 Å². The molecule has 1 fully saturated rings. The molecule has 0 bridgehead atoms. The zero-order valence-electron chi connectivity index (χ0n) is 54.3. The molecule has 3 heterocycles. The van der Waals surface area contributed by atoms with E-state index in [0.29, 0.717) is 168 Å². The number of ketones is 2. The van der Waals surface area contributed by atoms with Crippen LogP contribution in [0.25, 0.3) is 0 Å². The Morgan fingerprint density at radius 1 is 0.648 bits per heavy atom. The van der Waals surface area contributed by atoms with Gasteiger partial charge in [0.05, 0.1) is 195 Å². The van der Waals surface area contributed by atoms with E-state index in [1.54, 1.807) is 66.9 Å². The van der Waals surface area contributed by atoms with Gasteiger partial charge in [-0.1, -0.05) is 37.3 Å². The van der Waals surface area contributed by atoms with Crippen LogP contribution in [0, 0.1) is 17.3 Å². The van der Waals surface area contributed by atoms with Gasteiger partial charge in [-0.2, -0.15) is 0 Å². The van der Waals surface area contributed by atoms with E-state index >= 15 is 0 Å². The highest BCUT2D eigenvalue weighted by Gasteiger charge is 2.39. The van der Waals surface area contributed by atoms with E-state index in [2.05, 4.69) is 15.6 Å². The molecule has 4 N–H and O–H groups in total. The summed E-state index contributed by atoms with van der Waals surface area (Å²) in [6.07, 6.45) is -1.08. The number of methoxy groups -OCH3 is 1. The minimum atomic E-state index is -1.38. The van der Waals surface area contributed by atoms with Crippen molar-refractivity contribution >= 4 is 35.3 Å². The number of aliphatic hydroxyl groups is 3. The van der Waals surface area contributed by atoms with Gasteiger partial charge in [-0.3, -0.25) is 33.7 Å². The lowest BCUT2D eigenvalue weighted by atomic mass is 9.87. The van der Waals surface area contributed by atoms with E-state index in [4.69, 9.17) is 66.3 Å². The predicted molar refractivity (Wildman–Crippen MR) is 325 cm³/mol. The molecule has 1 aromatic heterocycles. The normalized spacial score (nSPS) is 17.9. The van der Waals surface area contributed by atoms with Crippen molar-refractivity contribution in [2.24, 2.45) is 17.3 Å². The van der Waals surface area contributed by atoms with Crippen LogP contribution in [0.15, 0.2) is 36.5 Å². The number of carbonyl (C=O) groups excluding carboxylic acids is 6. The number of imide groups is 1. The standard InChI is InChI=1S/C63H101N5O23/c1-45(2)51(61(76)64-46(3)54(70)39-47-8-9-49(43-91-62(77)63(4,5)6)48(38-47)10-11-56-60(75)59(74)55(71)44-90-56)40-50(69)41-53(68-57(72)12-13-58(68)73)52-42-67(66-65-52)14-15-79-18-19-81-22-23-83-26-27-85-30-31-87-34-35-89-37-36-88-33-32-86-29-28-84-25-24-82-21-20-80-17-16-78-7/h8-9,12-13,38,42,45-46,51,53,55-56,59-60,71,74-75H,10-11,14-37,39-41,43-44H2,1-7H3,(H,64,76)/t46-,51-,53-,55+,56-,59-,60-/m0/s1. The van der Waals surface area contributed by atoms with Crippen molar-refractivity contribution < 1.29 is 110 Å². The lowest BCUT2D eigenvalue weighted by molar-refractivity contribution is -0.188. The van der Waals surface area contributed by atoms with Crippen molar-refractivity contribution in [3.05, 3.63) is 58.9 Å². The van der Waals surface area contributed by atoms with E-state index in [0.717, 1.165) is 17.1 Å². The van der Waals surface area contributed by atoms with E-state index in [9.17, 15) is 44.1 Å². The Bertz CT molecular complexity index is 2420. The van der Waals surface area contributed by atoms with Crippen molar-refractivity contribution in [3.63, 3.8) is 0 Å². The molecule has 1 saturated heterocycles. The molecule has 0 unspecified atom stereocenters. The summed E-state index contributed by atoms with van der Waals surface area (Å²) in [4.78, 5) is 81.0. The van der Waals surface area contributed by atoms with E-state index in [1.165, 1.54) is 10.9 Å². The van der Waals surface area contributed by atoms with E-state index < -0.39 is 77.3 Å². The zero-order valence-corrected chi connectivity index (χ0v) is 54.3. The molecule has 3 amide bonds. The SMILES string of the molecule is COCCOCCOCCOCCOCCOCCOCCOCCOCCOCCOCCOCCn1cc([C@H](CC(=O)C[C@H](C(=O)N[C@@H](C)C(=O)Cc2ccc(COC(=O)C(C)(C)C)c(CC[C@@H]3OC[C@@H](O)[C@H](O)[C@H]3O)c2)C(C)C)N2C(=O)C=CC2=O)nn1. The third-order valence-corrected chi connectivity index (χ3v) is 14.4. The highest BCUT2D eigenvalue weighted by atomic mass is 16.6. The molecule has 28 nitrogen and oxygen atoms in total. The molecule has 28 heteroatoms. The zero-order chi connectivity index (χ0) is 66.2. The maximum atomic E-state index is 13.9. The number of nitrogens with zero attached hydrogens (tertiary/aromatic N) is 4.